The van der Waals surface area contributed by atoms with Gasteiger partial charge in [0.1, 0.15) is 0 Å². The fourth-order valence-corrected chi connectivity index (χ4v) is 0.544. The Hall–Kier alpha value is -1.83. The van der Waals surface area contributed by atoms with Gasteiger partial charge >= 0.3 is 5.82 Å². The molecule has 1 aromatic rings. The van der Waals surface area contributed by atoms with Gasteiger partial charge in [-0.05, 0) is 11.0 Å². The molecule has 1 heterocycles. The van der Waals surface area contributed by atoms with Crippen molar-refractivity contribution in [3.8, 4) is 0 Å². The normalized spacial score (nSPS) is 8.70. The van der Waals surface area contributed by atoms with Crippen LogP contribution in [0.1, 0.15) is 0 Å². The first kappa shape index (κ1) is 6.29. The molecule has 0 radical (unpaired) electrons. The number of rotatable bonds is 1. The van der Waals surface area contributed by atoms with E-state index in [1.165, 1.54) is 12.1 Å². The zero-order valence-corrected chi connectivity index (χ0v) is 4.87. The van der Waals surface area contributed by atoms with Crippen molar-refractivity contribution in [1.29, 1.82) is 0 Å². The SMILES string of the molecule is [C-]#[N+]c1ccc([N+](=O)[O-])[nH]1. The maximum Gasteiger partial charge on any atom is 0.307 e. The zero-order valence-electron chi connectivity index (χ0n) is 4.87. The molecule has 10 heavy (non-hydrogen) atoms. The van der Waals surface area contributed by atoms with Crippen molar-refractivity contribution in [3.63, 3.8) is 0 Å². The van der Waals surface area contributed by atoms with Gasteiger partial charge in [-0.2, -0.15) is 0 Å². The Morgan fingerprint density at radius 3 is 2.70 bits per heavy atom. The molecule has 0 unspecified atom stereocenters. The summed E-state index contributed by atoms with van der Waals surface area (Å²) in [5.74, 6) is 0.0395. The fraction of sp³-hybridized carbons (Fsp3) is 0. The van der Waals surface area contributed by atoms with Gasteiger partial charge in [-0.25, -0.2) is 0 Å². The average molecular weight is 137 g/mol. The van der Waals surface area contributed by atoms with Crippen molar-refractivity contribution in [2.45, 2.75) is 0 Å². The molecule has 1 rings (SSSR count). The van der Waals surface area contributed by atoms with Crippen LogP contribution in [0.3, 0.4) is 0 Å². The van der Waals surface area contributed by atoms with Crippen LogP contribution in [0.4, 0.5) is 11.6 Å². The van der Waals surface area contributed by atoms with Crippen LogP contribution in [0.5, 0.6) is 0 Å². The van der Waals surface area contributed by atoms with E-state index >= 15 is 0 Å². The Labute approximate surface area is 56.3 Å². The van der Waals surface area contributed by atoms with E-state index in [1.54, 1.807) is 0 Å². The molecule has 0 fully saturated rings. The third-order valence-corrected chi connectivity index (χ3v) is 0.972. The topological polar surface area (TPSA) is 63.3 Å². The Balaban J connectivity index is 3.02. The minimum absolute atomic E-state index is 0.147. The second kappa shape index (κ2) is 2.19. The molecule has 5 heteroatoms. The number of nitro groups is 1. The highest BCUT2D eigenvalue weighted by atomic mass is 16.6. The monoisotopic (exact) mass is 137 g/mol. The maximum atomic E-state index is 10.0. The molecular weight excluding hydrogens is 134 g/mol. The summed E-state index contributed by atoms with van der Waals surface area (Å²) < 4.78 is 0. The number of hydrogen-bond acceptors (Lipinski definition) is 2. The van der Waals surface area contributed by atoms with Crippen LogP contribution in [0.25, 0.3) is 4.85 Å². The number of nitrogens with zero attached hydrogens (tertiary/aromatic N) is 2. The van der Waals surface area contributed by atoms with Crippen LogP contribution in [-0.4, -0.2) is 9.91 Å². The van der Waals surface area contributed by atoms with Crippen LogP contribution in [0.15, 0.2) is 12.1 Å². The summed E-state index contributed by atoms with van der Waals surface area (Å²) in [7, 11) is 0. The molecule has 0 bridgehead atoms. The standard InChI is InChI=1S/C5H3N3O2/c1-6-4-2-3-5(7-4)8(9)10/h2-3,7H. The molecule has 50 valence electrons. The van der Waals surface area contributed by atoms with Gasteiger partial charge < -0.3 is 15.0 Å². The molecule has 0 aromatic carbocycles. The van der Waals surface area contributed by atoms with E-state index in [2.05, 4.69) is 9.83 Å². The first-order valence-corrected chi connectivity index (χ1v) is 2.45. The Morgan fingerprint density at radius 1 is 1.70 bits per heavy atom. The van der Waals surface area contributed by atoms with Crippen molar-refractivity contribution in [3.05, 3.63) is 33.7 Å². The summed E-state index contributed by atoms with van der Waals surface area (Å²) >= 11 is 0. The molecule has 0 aliphatic rings. The Bertz CT molecular complexity index is 296. The van der Waals surface area contributed by atoms with Crippen LogP contribution >= 0.6 is 0 Å². The summed E-state index contributed by atoms with van der Waals surface area (Å²) in [6.45, 7) is 6.47. The van der Waals surface area contributed by atoms with Gasteiger partial charge in [0, 0.05) is 6.07 Å². The first-order valence-electron chi connectivity index (χ1n) is 2.45. The van der Waals surface area contributed by atoms with Crippen LogP contribution in [-0.2, 0) is 0 Å². The summed E-state index contributed by atoms with van der Waals surface area (Å²) in [4.78, 5) is 14.7. The maximum absolute atomic E-state index is 10.0. The molecule has 0 aliphatic carbocycles. The van der Waals surface area contributed by atoms with E-state index in [0.29, 0.717) is 0 Å². The number of hydrogen-bond donors (Lipinski definition) is 1. The average Bonchev–Trinajstić information content (AvgIpc) is 2.34. The third-order valence-electron chi connectivity index (χ3n) is 0.972. The molecule has 1 aromatic heterocycles. The fourth-order valence-electron chi connectivity index (χ4n) is 0.544. The van der Waals surface area contributed by atoms with Crippen LogP contribution in [0, 0.1) is 16.7 Å². The molecule has 0 aliphatic heterocycles. The largest absolute Gasteiger partial charge is 0.364 e. The number of aromatic amines is 1. The highest BCUT2D eigenvalue weighted by Gasteiger charge is 2.02. The van der Waals surface area contributed by atoms with Crippen molar-refractivity contribution < 1.29 is 4.92 Å². The first-order chi connectivity index (χ1) is 4.74. The predicted molar refractivity (Wildman–Crippen MR) is 33.7 cm³/mol. The lowest BCUT2D eigenvalue weighted by molar-refractivity contribution is -0.389. The van der Waals surface area contributed by atoms with Gasteiger partial charge in [0.25, 0.3) is 0 Å². The van der Waals surface area contributed by atoms with E-state index < -0.39 is 4.92 Å². The molecule has 0 saturated carbocycles. The second-order valence-corrected chi connectivity index (χ2v) is 1.60. The molecular formula is C5H3N3O2. The molecule has 0 amide bonds. The zero-order chi connectivity index (χ0) is 7.56. The lowest BCUT2D eigenvalue weighted by atomic mass is 10.6. The third kappa shape index (κ3) is 0.951. The van der Waals surface area contributed by atoms with Crippen molar-refractivity contribution in [1.82, 2.24) is 4.98 Å². The van der Waals surface area contributed by atoms with Crippen molar-refractivity contribution in [2.75, 3.05) is 0 Å². The molecule has 0 spiro atoms. The smallest absolute Gasteiger partial charge is 0.307 e. The van der Waals surface area contributed by atoms with E-state index in [-0.39, 0.29) is 11.6 Å². The summed E-state index contributed by atoms with van der Waals surface area (Å²) in [5.41, 5.74) is 0. The van der Waals surface area contributed by atoms with Crippen molar-refractivity contribution >= 4 is 11.6 Å². The number of aromatic nitrogens is 1. The molecule has 5 nitrogen and oxygen atoms in total. The number of H-pyrrole nitrogens is 1. The minimum atomic E-state index is -0.575. The van der Waals surface area contributed by atoms with E-state index in [4.69, 9.17) is 6.57 Å². The van der Waals surface area contributed by atoms with Gasteiger partial charge in [0.05, 0.1) is 0 Å². The minimum Gasteiger partial charge on any atom is -0.364 e. The van der Waals surface area contributed by atoms with E-state index in [0.717, 1.165) is 0 Å². The number of nitrogens with one attached hydrogen (secondary N) is 1. The predicted octanol–water partition coefficient (Wildman–Crippen LogP) is 1.47. The Kier molecular flexibility index (Phi) is 1.38. The molecule has 1 N–H and O–H groups in total. The summed E-state index contributed by atoms with van der Waals surface area (Å²) in [6, 6.07) is 2.62. The van der Waals surface area contributed by atoms with Crippen LogP contribution < -0.4 is 0 Å². The van der Waals surface area contributed by atoms with Gasteiger partial charge in [0.2, 0.25) is 5.82 Å². The van der Waals surface area contributed by atoms with Crippen LogP contribution in [0.2, 0.25) is 0 Å². The lowest BCUT2D eigenvalue weighted by Gasteiger charge is -1.86. The summed E-state index contributed by atoms with van der Waals surface area (Å²) in [6.07, 6.45) is 0. The van der Waals surface area contributed by atoms with E-state index in [9.17, 15) is 10.1 Å². The summed E-state index contributed by atoms with van der Waals surface area (Å²) in [5, 5.41) is 10.0. The van der Waals surface area contributed by atoms with Crippen molar-refractivity contribution in [2.24, 2.45) is 0 Å². The van der Waals surface area contributed by atoms with Gasteiger partial charge in [-0.15, -0.1) is 0 Å². The highest BCUT2D eigenvalue weighted by Crippen LogP contribution is 2.15. The van der Waals surface area contributed by atoms with Gasteiger partial charge in [-0.3, -0.25) is 4.98 Å². The molecule has 0 atom stereocenters. The van der Waals surface area contributed by atoms with Gasteiger partial charge in [0.15, 0.2) is 0 Å². The quantitative estimate of drug-likeness (QED) is 0.362. The molecule has 0 saturated heterocycles. The second-order valence-electron chi connectivity index (χ2n) is 1.60. The van der Waals surface area contributed by atoms with Gasteiger partial charge in [-0.1, -0.05) is 6.57 Å². The van der Waals surface area contributed by atoms with E-state index in [1.807, 2.05) is 0 Å². The lowest BCUT2D eigenvalue weighted by Crippen LogP contribution is -1.85. The highest BCUT2D eigenvalue weighted by molar-refractivity contribution is 5.42. The Morgan fingerprint density at radius 2 is 2.40 bits per heavy atom.